The van der Waals surface area contributed by atoms with Crippen molar-refractivity contribution in [3.05, 3.63) is 65.0 Å². The molecular formula is C28H28N2O2S2. The van der Waals surface area contributed by atoms with Gasteiger partial charge in [-0.15, -0.1) is 11.3 Å². The lowest BCUT2D eigenvalue weighted by atomic mass is 9.98. The highest BCUT2D eigenvalue weighted by atomic mass is 32.2. The molecule has 0 aliphatic carbocycles. The largest absolute Gasteiger partial charge is 0.477 e. The number of aliphatic carboxylic acids is 1. The van der Waals surface area contributed by atoms with Crippen LogP contribution in [0.3, 0.4) is 0 Å². The number of rotatable bonds is 9. The van der Waals surface area contributed by atoms with Gasteiger partial charge in [-0.05, 0) is 60.4 Å². The van der Waals surface area contributed by atoms with Crippen LogP contribution in [0.25, 0.3) is 16.5 Å². The SMILES string of the molecule is CCCCC(CC)CN1c2ccccc2Sc2cc(-c3ccc(/C=C(\C#N)C(=O)O)s3)ccc21. The summed E-state index contributed by atoms with van der Waals surface area (Å²) in [6, 6.07) is 20.8. The van der Waals surface area contributed by atoms with Gasteiger partial charge in [-0.2, -0.15) is 5.26 Å². The molecule has 3 aromatic rings. The predicted octanol–water partition coefficient (Wildman–Crippen LogP) is 8.23. The van der Waals surface area contributed by atoms with Gasteiger partial charge in [0, 0.05) is 26.1 Å². The molecule has 0 bridgehead atoms. The number of nitriles is 1. The van der Waals surface area contributed by atoms with Gasteiger partial charge in [-0.3, -0.25) is 0 Å². The molecule has 0 spiro atoms. The van der Waals surface area contributed by atoms with Gasteiger partial charge < -0.3 is 10.0 Å². The molecule has 2 aromatic carbocycles. The topological polar surface area (TPSA) is 64.3 Å². The van der Waals surface area contributed by atoms with Crippen LogP contribution in [0.15, 0.2) is 70.0 Å². The van der Waals surface area contributed by atoms with Gasteiger partial charge in [-0.1, -0.05) is 63.1 Å². The van der Waals surface area contributed by atoms with Crippen molar-refractivity contribution in [1.82, 2.24) is 0 Å². The van der Waals surface area contributed by atoms with E-state index in [1.54, 1.807) is 17.8 Å². The summed E-state index contributed by atoms with van der Waals surface area (Å²) in [4.78, 5) is 18.0. The van der Waals surface area contributed by atoms with Gasteiger partial charge in [-0.25, -0.2) is 4.79 Å². The van der Waals surface area contributed by atoms with E-state index in [9.17, 15) is 4.79 Å². The van der Waals surface area contributed by atoms with Crippen molar-refractivity contribution >= 4 is 46.5 Å². The lowest BCUT2D eigenvalue weighted by molar-refractivity contribution is -0.132. The number of benzene rings is 2. The molecule has 1 aliphatic heterocycles. The standard InChI is InChI=1S/C28H28N2O2S2/c1-3-5-8-19(4-2)18-30-23-9-6-7-10-26(23)34-27-16-20(11-13-24(27)30)25-14-12-22(33-25)15-21(17-29)28(31)32/h6-7,9-16,19H,3-5,8,18H2,1-2H3,(H,31,32)/b21-15+. The second-order valence-electron chi connectivity index (χ2n) is 8.46. The molecule has 1 atom stereocenters. The Morgan fingerprint density at radius 3 is 2.65 bits per heavy atom. The lowest BCUT2D eigenvalue weighted by Crippen LogP contribution is -2.27. The molecule has 174 valence electrons. The maximum Gasteiger partial charge on any atom is 0.346 e. The highest BCUT2D eigenvalue weighted by Crippen LogP contribution is 2.50. The fraction of sp³-hybridized carbons (Fsp3) is 0.286. The minimum Gasteiger partial charge on any atom is -0.477 e. The van der Waals surface area contributed by atoms with Crippen LogP contribution in [0, 0.1) is 17.2 Å². The summed E-state index contributed by atoms with van der Waals surface area (Å²) in [5, 5.41) is 18.2. The molecule has 1 aliphatic rings. The van der Waals surface area contributed by atoms with Crippen molar-refractivity contribution in [2.45, 2.75) is 49.3 Å². The number of unbranched alkanes of at least 4 members (excludes halogenated alkanes) is 1. The molecule has 1 N–H and O–H groups in total. The number of anilines is 2. The Balaban J connectivity index is 1.67. The Hall–Kier alpha value is -3.01. The van der Waals surface area contributed by atoms with E-state index >= 15 is 0 Å². The number of hydrogen-bond donors (Lipinski definition) is 1. The molecule has 2 heterocycles. The molecule has 1 aromatic heterocycles. The van der Waals surface area contributed by atoms with Crippen molar-refractivity contribution in [2.75, 3.05) is 11.4 Å². The van der Waals surface area contributed by atoms with Gasteiger partial charge in [0.1, 0.15) is 11.6 Å². The Kier molecular flexibility index (Phi) is 7.77. The van der Waals surface area contributed by atoms with Crippen molar-refractivity contribution in [1.29, 1.82) is 5.26 Å². The highest BCUT2D eigenvalue weighted by Gasteiger charge is 2.25. The maximum absolute atomic E-state index is 11.2. The number of para-hydroxylation sites is 1. The number of carboxylic acids is 1. The zero-order valence-electron chi connectivity index (χ0n) is 19.5. The molecule has 34 heavy (non-hydrogen) atoms. The second kappa shape index (κ2) is 10.9. The van der Waals surface area contributed by atoms with E-state index in [1.807, 2.05) is 12.1 Å². The van der Waals surface area contributed by atoms with E-state index in [1.165, 1.54) is 64.3 Å². The van der Waals surface area contributed by atoms with E-state index in [0.29, 0.717) is 5.92 Å². The van der Waals surface area contributed by atoms with Crippen molar-refractivity contribution < 1.29 is 9.90 Å². The highest BCUT2D eigenvalue weighted by molar-refractivity contribution is 7.99. The molecule has 6 heteroatoms. The van der Waals surface area contributed by atoms with Gasteiger partial charge >= 0.3 is 5.97 Å². The summed E-state index contributed by atoms with van der Waals surface area (Å²) < 4.78 is 0. The molecule has 4 rings (SSSR count). The maximum atomic E-state index is 11.2. The molecule has 1 unspecified atom stereocenters. The Morgan fingerprint density at radius 2 is 1.91 bits per heavy atom. The summed E-state index contributed by atoms with van der Waals surface area (Å²) >= 11 is 3.30. The smallest absolute Gasteiger partial charge is 0.346 e. The summed E-state index contributed by atoms with van der Waals surface area (Å²) in [7, 11) is 0. The average Bonchev–Trinajstić information content (AvgIpc) is 3.32. The first-order chi connectivity index (χ1) is 16.5. The monoisotopic (exact) mass is 488 g/mol. The van der Waals surface area contributed by atoms with E-state index in [-0.39, 0.29) is 5.57 Å². The third-order valence-electron chi connectivity index (χ3n) is 6.16. The predicted molar refractivity (Wildman–Crippen MR) is 142 cm³/mol. The minimum absolute atomic E-state index is 0.254. The zero-order valence-corrected chi connectivity index (χ0v) is 21.1. The molecule has 0 saturated heterocycles. The van der Waals surface area contributed by atoms with Crippen LogP contribution in [0.2, 0.25) is 0 Å². The van der Waals surface area contributed by atoms with Crippen LogP contribution < -0.4 is 4.90 Å². The number of carbonyl (C=O) groups is 1. The van der Waals surface area contributed by atoms with Gasteiger partial charge in [0.15, 0.2) is 0 Å². The fourth-order valence-corrected chi connectivity index (χ4v) is 6.31. The molecule has 4 nitrogen and oxygen atoms in total. The Bertz CT molecular complexity index is 1260. The first-order valence-electron chi connectivity index (χ1n) is 11.7. The van der Waals surface area contributed by atoms with Crippen molar-refractivity contribution in [3.63, 3.8) is 0 Å². The van der Waals surface area contributed by atoms with Crippen molar-refractivity contribution in [2.24, 2.45) is 5.92 Å². The first kappa shape index (κ1) is 24.1. The second-order valence-corrected chi connectivity index (χ2v) is 10.7. The number of fused-ring (bicyclic) bond motifs is 2. The van der Waals surface area contributed by atoms with Gasteiger partial charge in [0.25, 0.3) is 0 Å². The quantitative estimate of drug-likeness (QED) is 0.243. The van der Waals surface area contributed by atoms with Gasteiger partial charge in [0.2, 0.25) is 0 Å². The first-order valence-corrected chi connectivity index (χ1v) is 13.3. The van der Waals surface area contributed by atoms with E-state index < -0.39 is 5.97 Å². The number of nitrogens with zero attached hydrogens (tertiary/aromatic N) is 2. The van der Waals surface area contributed by atoms with Crippen LogP contribution in [-0.2, 0) is 4.79 Å². The summed E-state index contributed by atoms with van der Waals surface area (Å²) in [6.45, 7) is 5.56. The Labute approximate surface area is 209 Å². The van der Waals surface area contributed by atoms with Crippen molar-refractivity contribution in [3.8, 4) is 16.5 Å². The number of hydrogen-bond acceptors (Lipinski definition) is 5. The minimum atomic E-state index is -1.20. The van der Waals surface area contributed by atoms with Crippen LogP contribution in [0.4, 0.5) is 11.4 Å². The van der Waals surface area contributed by atoms with Crippen LogP contribution >= 0.6 is 23.1 Å². The summed E-state index contributed by atoms with van der Waals surface area (Å²) in [5.74, 6) is -0.551. The van der Waals surface area contributed by atoms with Crippen LogP contribution in [0.5, 0.6) is 0 Å². The molecule has 0 amide bonds. The van der Waals surface area contributed by atoms with Gasteiger partial charge in [0.05, 0.1) is 11.4 Å². The van der Waals surface area contributed by atoms with E-state index in [4.69, 9.17) is 10.4 Å². The number of thiophene rings is 1. The summed E-state index contributed by atoms with van der Waals surface area (Å²) in [6.07, 6.45) is 6.34. The van der Waals surface area contributed by atoms with E-state index in [0.717, 1.165) is 21.9 Å². The average molecular weight is 489 g/mol. The van der Waals surface area contributed by atoms with Crippen LogP contribution in [0.1, 0.15) is 44.4 Å². The van der Waals surface area contributed by atoms with E-state index in [2.05, 4.69) is 61.2 Å². The fourth-order valence-electron chi connectivity index (χ4n) is 4.23. The Morgan fingerprint density at radius 1 is 1.12 bits per heavy atom. The molecule has 0 radical (unpaired) electrons. The lowest BCUT2D eigenvalue weighted by Gasteiger charge is -2.35. The van der Waals surface area contributed by atoms with Crippen LogP contribution in [-0.4, -0.2) is 17.6 Å². The molecule has 0 fully saturated rings. The molecular weight excluding hydrogens is 460 g/mol. The number of carboxylic acid groups (broad SMARTS) is 1. The third kappa shape index (κ3) is 5.22. The molecule has 0 saturated carbocycles. The zero-order chi connectivity index (χ0) is 24.1. The summed E-state index contributed by atoms with van der Waals surface area (Å²) in [5.41, 5.74) is 3.37. The third-order valence-corrected chi connectivity index (χ3v) is 8.35. The normalized spacial score (nSPS) is 13.7.